The van der Waals surface area contributed by atoms with Gasteiger partial charge in [-0.05, 0) is 12.8 Å². The summed E-state index contributed by atoms with van der Waals surface area (Å²) >= 11 is 0.655. The second-order valence-corrected chi connectivity index (χ2v) is 6.08. The number of piperazine rings is 1. The number of carbonyl (C=O) groups is 1. The first kappa shape index (κ1) is 14.6. The van der Waals surface area contributed by atoms with Crippen molar-refractivity contribution in [1.82, 2.24) is 15.2 Å². The number of fused-ring (bicyclic) bond motifs is 2. The highest BCUT2D eigenvalue weighted by molar-refractivity contribution is 7.15. The molecule has 1 aromatic heterocycles. The highest BCUT2D eigenvalue weighted by atomic mass is 32.1. The number of nitrogens with one attached hydrogen (secondary N) is 1. The number of thiazole rings is 1. The molecule has 0 spiro atoms. The van der Waals surface area contributed by atoms with Gasteiger partial charge in [-0.25, -0.2) is 0 Å². The molecule has 5 nitrogen and oxygen atoms in total. The van der Waals surface area contributed by atoms with Gasteiger partial charge in [0.2, 0.25) is 0 Å². The normalized spacial score (nSPS) is 25.2. The molecule has 21 heavy (non-hydrogen) atoms. The summed E-state index contributed by atoms with van der Waals surface area (Å²) in [6, 6.07) is -0.0733. The highest BCUT2D eigenvalue weighted by Gasteiger charge is 2.45. The Morgan fingerprint density at radius 3 is 2.52 bits per heavy atom. The number of hydrogen-bond acceptors (Lipinski definition) is 5. The number of methoxy groups -OCH3 is 1. The van der Waals surface area contributed by atoms with Gasteiger partial charge < -0.3 is 15.0 Å². The lowest BCUT2D eigenvalue weighted by molar-refractivity contribution is -0.141. The van der Waals surface area contributed by atoms with Crippen molar-refractivity contribution in [3.05, 3.63) is 10.6 Å². The van der Waals surface area contributed by atoms with Crippen molar-refractivity contribution < 1.29 is 22.7 Å². The summed E-state index contributed by atoms with van der Waals surface area (Å²) in [5.41, 5.74) is -1.15. The van der Waals surface area contributed by atoms with E-state index in [4.69, 9.17) is 4.74 Å². The van der Waals surface area contributed by atoms with Gasteiger partial charge in [0.05, 0.1) is 7.11 Å². The number of nitrogens with zero attached hydrogens (tertiary/aromatic N) is 2. The molecule has 116 valence electrons. The smallest absolute Gasteiger partial charge is 0.435 e. The predicted octanol–water partition coefficient (Wildman–Crippen LogP) is 1.75. The van der Waals surface area contributed by atoms with Crippen LogP contribution in [0.4, 0.5) is 13.2 Å². The van der Waals surface area contributed by atoms with Crippen LogP contribution in [-0.4, -0.2) is 48.1 Å². The Morgan fingerprint density at radius 2 is 2.00 bits per heavy atom. The van der Waals surface area contributed by atoms with Gasteiger partial charge in [0.15, 0.2) is 5.69 Å². The Bertz CT molecular complexity index is 544. The molecule has 3 rings (SSSR count). The number of alkyl halides is 3. The van der Waals surface area contributed by atoms with Crippen molar-refractivity contribution >= 4 is 17.2 Å². The summed E-state index contributed by atoms with van der Waals surface area (Å²) in [5, 5.41) is 3.05. The lowest BCUT2D eigenvalue weighted by atomic mass is 10.2. The maximum atomic E-state index is 13.0. The molecule has 2 bridgehead atoms. The molecule has 1 N–H and O–H groups in total. The van der Waals surface area contributed by atoms with Crippen LogP contribution in [0.3, 0.4) is 0 Å². The average Bonchev–Trinajstić information content (AvgIpc) is 2.97. The largest absolute Gasteiger partial charge is 0.473 e. The summed E-state index contributed by atoms with van der Waals surface area (Å²) in [7, 11) is 1.24. The van der Waals surface area contributed by atoms with Gasteiger partial charge in [0, 0.05) is 25.2 Å². The van der Waals surface area contributed by atoms with Crippen LogP contribution in [0.2, 0.25) is 0 Å². The summed E-state index contributed by atoms with van der Waals surface area (Å²) < 4.78 is 43.9. The van der Waals surface area contributed by atoms with Crippen molar-refractivity contribution in [1.29, 1.82) is 0 Å². The number of rotatable bonds is 2. The van der Waals surface area contributed by atoms with Gasteiger partial charge in [-0.1, -0.05) is 11.3 Å². The number of halogens is 3. The van der Waals surface area contributed by atoms with Crippen LogP contribution in [0.15, 0.2) is 0 Å². The molecule has 2 aliphatic rings. The summed E-state index contributed by atoms with van der Waals surface area (Å²) in [6.45, 7) is 1.25. The van der Waals surface area contributed by atoms with E-state index in [1.807, 2.05) is 0 Å². The summed E-state index contributed by atoms with van der Waals surface area (Å²) in [6.07, 6.45) is -3.02. The Hall–Kier alpha value is -1.35. The molecule has 2 fully saturated rings. The van der Waals surface area contributed by atoms with E-state index in [2.05, 4.69) is 10.3 Å². The van der Waals surface area contributed by atoms with Crippen LogP contribution < -0.4 is 10.1 Å². The Kier molecular flexibility index (Phi) is 3.56. The highest BCUT2D eigenvalue weighted by Crippen LogP contribution is 2.39. The van der Waals surface area contributed by atoms with Gasteiger partial charge >= 0.3 is 6.18 Å². The fraction of sp³-hybridized carbons (Fsp3) is 0.667. The molecule has 1 amide bonds. The van der Waals surface area contributed by atoms with Crippen LogP contribution >= 0.6 is 11.3 Å². The zero-order valence-corrected chi connectivity index (χ0v) is 12.1. The Labute approximate surface area is 123 Å². The standard InChI is InChI=1S/C12H14F3N3O2S/c1-20-11-17-9(12(13,14)15)8(21-11)10(19)18-6-2-3-7(18)5-16-4-6/h6-7,16H,2-5H2,1H3. The van der Waals surface area contributed by atoms with Gasteiger partial charge in [0.25, 0.3) is 11.1 Å². The van der Waals surface area contributed by atoms with Crippen LogP contribution in [0.5, 0.6) is 5.19 Å². The third-order valence-corrected chi connectivity index (χ3v) is 4.86. The fourth-order valence-electron chi connectivity index (χ4n) is 2.95. The number of carbonyl (C=O) groups excluding carboxylic acids is 1. The third-order valence-electron chi connectivity index (χ3n) is 3.86. The zero-order chi connectivity index (χ0) is 15.2. The molecule has 0 radical (unpaired) electrons. The second kappa shape index (κ2) is 5.13. The van der Waals surface area contributed by atoms with Crippen molar-refractivity contribution in [2.45, 2.75) is 31.1 Å². The van der Waals surface area contributed by atoms with E-state index in [1.54, 1.807) is 4.90 Å². The average molecular weight is 321 g/mol. The van der Waals surface area contributed by atoms with Crippen molar-refractivity contribution in [3.63, 3.8) is 0 Å². The molecule has 2 aliphatic heterocycles. The maximum Gasteiger partial charge on any atom is 0.435 e. The minimum Gasteiger partial charge on any atom is -0.473 e. The number of hydrogen-bond donors (Lipinski definition) is 1. The molecule has 0 aliphatic carbocycles. The number of aromatic nitrogens is 1. The first-order chi connectivity index (χ1) is 9.91. The molecule has 1 aromatic rings. The molecule has 0 saturated carbocycles. The van der Waals surface area contributed by atoms with Crippen LogP contribution in [0.25, 0.3) is 0 Å². The van der Waals surface area contributed by atoms with E-state index >= 15 is 0 Å². The Balaban J connectivity index is 1.96. The first-order valence-electron chi connectivity index (χ1n) is 6.57. The molecule has 9 heteroatoms. The van der Waals surface area contributed by atoms with Crippen molar-refractivity contribution in [2.75, 3.05) is 20.2 Å². The Morgan fingerprint density at radius 1 is 1.38 bits per heavy atom. The predicted molar refractivity (Wildman–Crippen MR) is 69.5 cm³/mol. The zero-order valence-electron chi connectivity index (χ0n) is 11.2. The summed E-state index contributed by atoms with van der Waals surface area (Å²) in [4.78, 5) is 17.2. The van der Waals surface area contributed by atoms with Gasteiger partial charge in [-0.3, -0.25) is 4.79 Å². The van der Waals surface area contributed by atoms with Crippen LogP contribution in [0.1, 0.15) is 28.2 Å². The lowest BCUT2D eigenvalue weighted by Crippen LogP contribution is -2.54. The monoisotopic (exact) mass is 321 g/mol. The van der Waals surface area contributed by atoms with Crippen LogP contribution in [0, 0.1) is 0 Å². The van der Waals surface area contributed by atoms with E-state index in [0.717, 1.165) is 12.8 Å². The quantitative estimate of drug-likeness (QED) is 0.902. The van der Waals surface area contributed by atoms with E-state index in [0.29, 0.717) is 24.4 Å². The van der Waals surface area contributed by atoms with E-state index < -0.39 is 17.8 Å². The SMILES string of the molecule is COc1nc(C(F)(F)F)c(C(=O)N2C3CCC2CNC3)s1. The van der Waals surface area contributed by atoms with Crippen LogP contribution in [-0.2, 0) is 6.18 Å². The van der Waals surface area contributed by atoms with Gasteiger partial charge in [-0.2, -0.15) is 18.2 Å². The summed E-state index contributed by atoms with van der Waals surface area (Å²) in [5.74, 6) is -0.586. The maximum absolute atomic E-state index is 13.0. The van der Waals surface area contributed by atoms with Gasteiger partial charge in [-0.15, -0.1) is 0 Å². The minimum absolute atomic E-state index is 0.0366. The fourth-order valence-corrected chi connectivity index (χ4v) is 3.80. The topological polar surface area (TPSA) is 54.5 Å². The molecule has 2 unspecified atom stereocenters. The lowest BCUT2D eigenvalue weighted by Gasteiger charge is -2.35. The third kappa shape index (κ3) is 2.48. The van der Waals surface area contributed by atoms with E-state index in [1.165, 1.54) is 7.11 Å². The molecule has 2 saturated heterocycles. The molecule has 3 heterocycles. The molecular formula is C12H14F3N3O2S. The number of amides is 1. The second-order valence-electron chi connectivity index (χ2n) is 5.12. The van der Waals surface area contributed by atoms with E-state index in [9.17, 15) is 18.0 Å². The first-order valence-corrected chi connectivity index (χ1v) is 7.39. The number of ether oxygens (including phenoxy) is 1. The minimum atomic E-state index is -4.66. The van der Waals surface area contributed by atoms with Crippen molar-refractivity contribution in [3.8, 4) is 5.19 Å². The molecule has 2 atom stereocenters. The molecular weight excluding hydrogens is 307 g/mol. The van der Waals surface area contributed by atoms with Gasteiger partial charge in [0.1, 0.15) is 4.88 Å². The van der Waals surface area contributed by atoms with Crippen molar-refractivity contribution in [2.24, 2.45) is 0 Å². The van der Waals surface area contributed by atoms with E-state index in [-0.39, 0.29) is 22.2 Å². The molecule has 0 aromatic carbocycles.